The molecule has 0 unspecified atom stereocenters. The van der Waals surface area contributed by atoms with E-state index in [4.69, 9.17) is 4.74 Å². The van der Waals surface area contributed by atoms with Gasteiger partial charge in [0.15, 0.2) is 11.0 Å². The van der Waals surface area contributed by atoms with Gasteiger partial charge in [0.2, 0.25) is 5.91 Å². The molecule has 0 aliphatic carbocycles. The summed E-state index contributed by atoms with van der Waals surface area (Å²) in [6.07, 6.45) is 1.71. The van der Waals surface area contributed by atoms with Gasteiger partial charge in [0.1, 0.15) is 12.4 Å². The molecule has 0 bridgehead atoms. The number of ether oxygens (including phenoxy) is 1. The van der Waals surface area contributed by atoms with E-state index in [0.29, 0.717) is 17.5 Å². The van der Waals surface area contributed by atoms with Crippen LogP contribution in [0.4, 0.5) is 0 Å². The molecule has 0 saturated heterocycles. The molecule has 0 aliphatic rings. The summed E-state index contributed by atoms with van der Waals surface area (Å²) in [6, 6.07) is 23.3. The van der Waals surface area contributed by atoms with Gasteiger partial charge in [-0.2, -0.15) is 0 Å². The number of nitrogens with one attached hydrogen (secondary N) is 1. The van der Waals surface area contributed by atoms with Crippen molar-refractivity contribution in [3.05, 3.63) is 96.1 Å². The first-order valence-electron chi connectivity index (χ1n) is 10.2. The van der Waals surface area contributed by atoms with Gasteiger partial charge < -0.3 is 10.1 Å². The van der Waals surface area contributed by atoms with Gasteiger partial charge in [-0.25, -0.2) is 0 Å². The van der Waals surface area contributed by atoms with E-state index in [0.717, 1.165) is 22.7 Å². The van der Waals surface area contributed by atoms with Crippen LogP contribution in [0.5, 0.6) is 5.75 Å². The highest BCUT2D eigenvalue weighted by Crippen LogP contribution is 2.24. The molecule has 162 valence electrons. The first kappa shape index (κ1) is 21.6. The zero-order valence-electron chi connectivity index (χ0n) is 17.6. The number of hydrogen-bond donors (Lipinski definition) is 1. The number of amides is 1. The number of para-hydroxylation sites is 2. The Morgan fingerprint density at radius 2 is 1.78 bits per heavy atom. The smallest absolute Gasteiger partial charge is 0.230 e. The van der Waals surface area contributed by atoms with E-state index in [2.05, 4.69) is 20.5 Å². The molecule has 0 saturated carbocycles. The van der Waals surface area contributed by atoms with Gasteiger partial charge in [0, 0.05) is 11.9 Å². The summed E-state index contributed by atoms with van der Waals surface area (Å²) >= 11 is 1.33. The maximum absolute atomic E-state index is 12.4. The quantitative estimate of drug-likeness (QED) is 0.393. The van der Waals surface area contributed by atoms with Gasteiger partial charge in [-0.1, -0.05) is 54.2 Å². The Morgan fingerprint density at radius 3 is 2.56 bits per heavy atom. The third kappa shape index (κ3) is 5.53. The summed E-state index contributed by atoms with van der Waals surface area (Å²) in [5, 5.41) is 12.2. The topological polar surface area (TPSA) is 81.9 Å². The molecule has 1 amide bonds. The lowest BCUT2D eigenvalue weighted by Crippen LogP contribution is -2.25. The van der Waals surface area contributed by atoms with Crippen LogP contribution in [0.15, 0.2) is 84.1 Å². The van der Waals surface area contributed by atoms with Gasteiger partial charge >= 0.3 is 0 Å². The summed E-state index contributed by atoms with van der Waals surface area (Å²) in [6.45, 7) is 2.66. The molecule has 0 fully saturated rings. The van der Waals surface area contributed by atoms with E-state index >= 15 is 0 Å². The molecule has 0 radical (unpaired) electrons. The zero-order valence-corrected chi connectivity index (χ0v) is 18.5. The molecule has 7 nitrogen and oxygen atoms in total. The van der Waals surface area contributed by atoms with E-state index < -0.39 is 0 Å². The highest BCUT2D eigenvalue weighted by molar-refractivity contribution is 7.99. The van der Waals surface area contributed by atoms with Crippen LogP contribution in [-0.4, -0.2) is 31.4 Å². The second-order valence-corrected chi connectivity index (χ2v) is 7.95. The van der Waals surface area contributed by atoms with Crippen molar-refractivity contribution in [1.29, 1.82) is 0 Å². The van der Waals surface area contributed by atoms with Gasteiger partial charge in [-0.3, -0.25) is 14.3 Å². The Morgan fingerprint density at radius 1 is 1.00 bits per heavy atom. The summed E-state index contributed by atoms with van der Waals surface area (Å²) in [4.78, 5) is 16.6. The van der Waals surface area contributed by atoms with Crippen molar-refractivity contribution < 1.29 is 9.53 Å². The molecular formula is C24H23N5O2S. The number of thioether (sulfide) groups is 1. The number of nitrogens with zero attached hydrogens (tertiary/aromatic N) is 4. The van der Waals surface area contributed by atoms with Gasteiger partial charge in [0.05, 0.1) is 18.0 Å². The number of rotatable bonds is 9. The number of aryl methyl sites for hydroxylation is 1. The van der Waals surface area contributed by atoms with Crippen LogP contribution in [0.25, 0.3) is 5.69 Å². The minimum Gasteiger partial charge on any atom is -0.485 e. The SMILES string of the molecule is Cc1ccccc1OCc1nnc(SCC(=O)NCc2ccccn2)n1-c1ccccc1. The second kappa shape index (κ2) is 10.6. The van der Waals surface area contributed by atoms with Gasteiger partial charge in [-0.15, -0.1) is 10.2 Å². The van der Waals surface area contributed by atoms with Gasteiger partial charge in [0.25, 0.3) is 0 Å². The van der Waals surface area contributed by atoms with Crippen molar-refractivity contribution in [3.63, 3.8) is 0 Å². The first-order valence-corrected chi connectivity index (χ1v) is 11.2. The summed E-state index contributed by atoms with van der Waals surface area (Å²) in [7, 11) is 0. The Hall–Kier alpha value is -3.65. The van der Waals surface area contributed by atoms with E-state index in [1.54, 1.807) is 6.20 Å². The van der Waals surface area contributed by atoms with Crippen molar-refractivity contribution in [2.75, 3.05) is 5.75 Å². The van der Waals surface area contributed by atoms with Crippen molar-refractivity contribution in [2.24, 2.45) is 0 Å². The standard InChI is InChI=1S/C24H23N5O2S/c1-18-9-5-6-13-21(18)31-16-22-27-28-24(29(22)20-11-3-2-4-12-20)32-17-23(30)26-15-19-10-7-8-14-25-19/h2-14H,15-17H2,1H3,(H,26,30). The van der Waals surface area contributed by atoms with Crippen LogP contribution in [0.2, 0.25) is 0 Å². The average Bonchev–Trinajstić information content (AvgIpc) is 3.25. The molecule has 2 aromatic heterocycles. The van der Waals surface area contributed by atoms with Crippen LogP contribution in [0.3, 0.4) is 0 Å². The maximum Gasteiger partial charge on any atom is 0.230 e. The first-order chi connectivity index (χ1) is 15.7. The minimum atomic E-state index is -0.0963. The Kier molecular flexibility index (Phi) is 7.14. The predicted molar refractivity (Wildman–Crippen MR) is 124 cm³/mol. The normalized spacial score (nSPS) is 10.7. The van der Waals surface area contributed by atoms with Crippen LogP contribution in [0, 0.1) is 6.92 Å². The van der Waals surface area contributed by atoms with Gasteiger partial charge in [-0.05, 0) is 42.8 Å². The van der Waals surface area contributed by atoms with Crippen LogP contribution in [-0.2, 0) is 17.9 Å². The third-order valence-corrected chi connectivity index (χ3v) is 5.62. The van der Waals surface area contributed by atoms with Crippen molar-refractivity contribution in [2.45, 2.75) is 25.2 Å². The van der Waals surface area contributed by atoms with E-state index in [1.165, 1.54) is 11.8 Å². The fourth-order valence-electron chi connectivity index (χ4n) is 3.06. The van der Waals surface area contributed by atoms with Crippen LogP contribution in [0.1, 0.15) is 17.1 Å². The molecule has 0 aliphatic heterocycles. The van der Waals surface area contributed by atoms with Crippen LogP contribution < -0.4 is 10.1 Å². The molecule has 1 N–H and O–H groups in total. The molecule has 0 spiro atoms. The molecule has 2 aromatic carbocycles. The number of aromatic nitrogens is 4. The molecular weight excluding hydrogens is 422 g/mol. The number of hydrogen-bond acceptors (Lipinski definition) is 6. The molecule has 2 heterocycles. The number of pyridine rings is 1. The summed E-state index contributed by atoms with van der Waals surface area (Å²) in [5.74, 6) is 1.59. The summed E-state index contributed by atoms with van der Waals surface area (Å²) in [5.41, 5.74) is 2.78. The third-order valence-electron chi connectivity index (χ3n) is 4.69. The van der Waals surface area contributed by atoms with Crippen molar-refractivity contribution in [3.8, 4) is 11.4 Å². The lowest BCUT2D eigenvalue weighted by atomic mass is 10.2. The minimum absolute atomic E-state index is 0.0963. The largest absolute Gasteiger partial charge is 0.485 e. The second-order valence-electron chi connectivity index (χ2n) is 7.01. The molecule has 0 atom stereocenters. The number of carbonyl (C=O) groups is 1. The highest BCUT2D eigenvalue weighted by atomic mass is 32.2. The monoisotopic (exact) mass is 445 g/mol. The summed E-state index contributed by atoms with van der Waals surface area (Å²) < 4.78 is 7.92. The fraction of sp³-hybridized carbons (Fsp3) is 0.167. The fourth-order valence-corrected chi connectivity index (χ4v) is 3.86. The number of carbonyl (C=O) groups excluding carboxylic acids is 1. The molecule has 4 rings (SSSR count). The molecule has 8 heteroatoms. The molecule has 32 heavy (non-hydrogen) atoms. The zero-order chi connectivity index (χ0) is 22.2. The number of benzene rings is 2. The lowest BCUT2D eigenvalue weighted by molar-refractivity contribution is -0.118. The van der Waals surface area contributed by atoms with E-state index in [9.17, 15) is 4.79 Å². The van der Waals surface area contributed by atoms with E-state index in [-0.39, 0.29) is 18.3 Å². The predicted octanol–water partition coefficient (Wildman–Crippen LogP) is 3.96. The van der Waals surface area contributed by atoms with E-state index in [1.807, 2.05) is 84.3 Å². The van der Waals surface area contributed by atoms with Crippen molar-refractivity contribution >= 4 is 17.7 Å². The lowest BCUT2D eigenvalue weighted by Gasteiger charge is -2.12. The molecule has 4 aromatic rings. The highest BCUT2D eigenvalue weighted by Gasteiger charge is 2.16. The average molecular weight is 446 g/mol. The Bertz CT molecular complexity index is 1170. The Labute approximate surface area is 190 Å². The van der Waals surface area contributed by atoms with Crippen LogP contribution >= 0.6 is 11.8 Å². The van der Waals surface area contributed by atoms with Crippen molar-refractivity contribution in [1.82, 2.24) is 25.1 Å². The Balaban J connectivity index is 1.45. The maximum atomic E-state index is 12.4.